The molecule has 0 unspecified atom stereocenters. The lowest BCUT2D eigenvalue weighted by Gasteiger charge is -2.20. The van der Waals surface area contributed by atoms with E-state index in [1.807, 2.05) is 26.0 Å². The molecule has 2 aromatic rings. The summed E-state index contributed by atoms with van der Waals surface area (Å²) in [5.74, 6) is -0.291. The zero-order chi connectivity index (χ0) is 20.4. The van der Waals surface area contributed by atoms with Crippen molar-refractivity contribution in [3.63, 3.8) is 0 Å². The highest BCUT2D eigenvalue weighted by atomic mass is 32.2. The van der Waals surface area contributed by atoms with E-state index in [0.717, 1.165) is 16.7 Å². The number of hydrogen-bond acceptors (Lipinski definition) is 3. The first-order chi connectivity index (χ1) is 12.4. The molecule has 0 aliphatic rings. The van der Waals surface area contributed by atoms with Crippen LogP contribution in [0.1, 0.15) is 53.4 Å². The minimum Gasteiger partial charge on any atom is -0.348 e. The molecule has 0 saturated carbocycles. The number of benzene rings is 2. The van der Waals surface area contributed by atoms with E-state index in [1.165, 1.54) is 17.7 Å². The normalized spacial score (nSPS) is 12.1. The largest absolute Gasteiger partial charge is 0.348 e. The molecule has 0 aromatic heterocycles. The number of rotatable bonds is 5. The minimum atomic E-state index is -3.70. The van der Waals surface area contributed by atoms with Gasteiger partial charge in [0.2, 0.25) is 10.0 Å². The molecular weight excluding hydrogens is 360 g/mol. The fourth-order valence-electron chi connectivity index (χ4n) is 2.79. The van der Waals surface area contributed by atoms with Gasteiger partial charge in [-0.2, -0.15) is 0 Å². The molecule has 0 spiro atoms. The first kappa shape index (κ1) is 21.1. The topological polar surface area (TPSA) is 75.3 Å². The van der Waals surface area contributed by atoms with Crippen LogP contribution in [0, 0.1) is 20.8 Å². The first-order valence-electron chi connectivity index (χ1n) is 8.88. The van der Waals surface area contributed by atoms with E-state index in [4.69, 9.17) is 0 Å². The number of carbonyl (C=O) groups is 1. The van der Waals surface area contributed by atoms with Crippen molar-refractivity contribution in [3.8, 4) is 0 Å². The van der Waals surface area contributed by atoms with Gasteiger partial charge in [-0.3, -0.25) is 4.79 Å². The van der Waals surface area contributed by atoms with Crippen LogP contribution in [-0.4, -0.2) is 19.9 Å². The molecule has 6 heteroatoms. The van der Waals surface area contributed by atoms with Crippen molar-refractivity contribution in [1.82, 2.24) is 10.0 Å². The summed E-state index contributed by atoms with van der Waals surface area (Å²) < 4.78 is 27.7. The number of carbonyl (C=O) groups excluding carboxylic acids is 1. The second-order valence-corrected chi connectivity index (χ2v) is 9.63. The Morgan fingerprint density at radius 2 is 1.63 bits per heavy atom. The lowest BCUT2D eigenvalue weighted by Crippen LogP contribution is -2.40. The Balaban J connectivity index is 2.23. The molecule has 0 radical (unpaired) electrons. The highest BCUT2D eigenvalue weighted by Crippen LogP contribution is 2.18. The molecule has 0 fully saturated rings. The van der Waals surface area contributed by atoms with Gasteiger partial charge in [-0.05, 0) is 70.4 Å². The number of sulfonamides is 1. The zero-order valence-corrected chi connectivity index (χ0v) is 17.6. The summed E-state index contributed by atoms with van der Waals surface area (Å²) in [5, 5.41) is 2.89. The Morgan fingerprint density at radius 3 is 2.22 bits per heavy atom. The summed E-state index contributed by atoms with van der Waals surface area (Å²) in [6.45, 7) is 11.5. The third kappa shape index (κ3) is 5.65. The van der Waals surface area contributed by atoms with Crippen molar-refractivity contribution >= 4 is 15.9 Å². The lowest BCUT2D eigenvalue weighted by molar-refractivity contribution is 0.0950. The number of amides is 1. The quantitative estimate of drug-likeness (QED) is 0.821. The highest BCUT2D eigenvalue weighted by molar-refractivity contribution is 7.89. The number of nitrogens with one attached hydrogen (secondary N) is 2. The van der Waals surface area contributed by atoms with Crippen molar-refractivity contribution in [2.24, 2.45) is 0 Å². The van der Waals surface area contributed by atoms with Gasteiger partial charge in [0.05, 0.1) is 4.90 Å². The monoisotopic (exact) mass is 388 g/mol. The average Bonchev–Trinajstić information content (AvgIpc) is 2.51. The van der Waals surface area contributed by atoms with E-state index in [9.17, 15) is 13.2 Å². The Kier molecular flexibility index (Phi) is 6.12. The van der Waals surface area contributed by atoms with Crippen molar-refractivity contribution < 1.29 is 13.2 Å². The summed E-state index contributed by atoms with van der Waals surface area (Å²) in [5.41, 5.74) is 3.79. The molecule has 0 saturated heterocycles. The van der Waals surface area contributed by atoms with Crippen molar-refractivity contribution in [2.75, 3.05) is 0 Å². The maximum atomic E-state index is 12.7. The molecule has 0 aliphatic heterocycles. The van der Waals surface area contributed by atoms with Crippen LogP contribution in [0.5, 0.6) is 0 Å². The SMILES string of the molecule is Cc1ccc(CNC(=O)c2cc(S(=O)(=O)NC(C)(C)C)ccc2C)c(C)c1. The van der Waals surface area contributed by atoms with Crippen LogP contribution in [-0.2, 0) is 16.6 Å². The highest BCUT2D eigenvalue weighted by Gasteiger charge is 2.23. The van der Waals surface area contributed by atoms with Crippen molar-refractivity contribution in [2.45, 2.75) is 58.5 Å². The van der Waals surface area contributed by atoms with Crippen LogP contribution >= 0.6 is 0 Å². The Morgan fingerprint density at radius 1 is 0.963 bits per heavy atom. The molecular formula is C21H28N2O3S. The van der Waals surface area contributed by atoms with Gasteiger partial charge in [-0.25, -0.2) is 13.1 Å². The Bertz CT molecular complexity index is 958. The van der Waals surface area contributed by atoms with Crippen LogP contribution in [0.2, 0.25) is 0 Å². The van der Waals surface area contributed by atoms with Gasteiger partial charge >= 0.3 is 0 Å². The molecule has 146 valence electrons. The fourth-order valence-corrected chi connectivity index (χ4v) is 4.23. The molecule has 0 atom stereocenters. The molecule has 0 heterocycles. The van der Waals surface area contributed by atoms with E-state index in [1.54, 1.807) is 33.8 Å². The molecule has 2 rings (SSSR count). The molecule has 0 bridgehead atoms. The van der Waals surface area contributed by atoms with Gasteiger partial charge in [0, 0.05) is 17.6 Å². The van der Waals surface area contributed by atoms with Crippen LogP contribution in [0.25, 0.3) is 0 Å². The van der Waals surface area contributed by atoms with Crippen LogP contribution in [0.3, 0.4) is 0 Å². The maximum absolute atomic E-state index is 12.7. The van der Waals surface area contributed by atoms with E-state index < -0.39 is 15.6 Å². The summed E-state index contributed by atoms with van der Waals surface area (Å²) >= 11 is 0. The maximum Gasteiger partial charge on any atom is 0.251 e. The third-order valence-corrected chi connectivity index (χ3v) is 5.90. The summed E-state index contributed by atoms with van der Waals surface area (Å²) in [7, 11) is -3.70. The lowest BCUT2D eigenvalue weighted by atomic mass is 10.1. The van der Waals surface area contributed by atoms with E-state index >= 15 is 0 Å². The Hall–Kier alpha value is -2.18. The van der Waals surface area contributed by atoms with E-state index in [-0.39, 0.29) is 10.8 Å². The summed E-state index contributed by atoms with van der Waals surface area (Å²) in [6, 6.07) is 10.7. The molecule has 1 amide bonds. The van der Waals surface area contributed by atoms with Gasteiger partial charge in [-0.1, -0.05) is 29.8 Å². The van der Waals surface area contributed by atoms with E-state index in [2.05, 4.69) is 16.1 Å². The molecule has 5 nitrogen and oxygen atoms in total. The molecule has 27 heavy (non-hydrogen) atoms. The van der Waals surface area contributed by atoms with E-state index in [0.29, 0.717) is 12.1 Å². The molecule has 0 aliphatic carbocycles. The third-order valence-electron chi connectivity index (χ3n) is 4.14. The summed E-state index contributed by atoms with van der Waals surface area (Å²) in [4.78, 5) is 12.7. The van der Waals surface area contributed by atoms with Gasteiger partial charge in [0.25, 0.3) is 5.91 Å². The van der Waals surface area contributed by atoms with Gasteiger partial charge in [0.15, 0.2) is 0 Å². The molecule has 2 aromatic carbocycles. The van der Waals surface area contributed by atoms with Crippen molar-refractivity contribution in [3.05, 3.63) is 64.2 Å². The Labute approximate surface area is 162 Å². The standard InChI is InChI=1S/C21H28N2O3S/c1-14-7-9-17(16(3)11-14)13-22-20(24)19-12-18(10-8-15(19)2)27(25,26)23-21(4,5)6/h7-12,23H,13H2,1-6H3,(H,22,24). The fraction of sp³-hybridized carbons (Fsp3) is 0.381. The average molecular weight is 389 g/mol. The number of aryl methyl sites for hydroxylation is 3. The van der Waals surface area contributed by atoms with Gasteiger partial charge < -0.3 is 5.32 Å². The van der Waals surface area contributed by atoms with Gasteiger partial charge in [-0.15, -0.1) is 0 Å². The van der Waals surface area contributed by atoms with Crippen LogP contribution in [0.15, 0.2) is 41.3 Å². The minimum absolute atomic E-state index is 0.0830. The smallest absolute Gasteiger partial charge is 0.251 e. The van der Waals surface area contributed by atoms with Crippen LogP contribution in [0.4, 0.5) is 0 Å². The number of hydrogen-bond donors (Lipinski definition) is 2. The first-order valence-corrected chi connectivity index (χ1v) is 10.4. The summed E-state index contributed by atoms with van der Waals surface area (Å²) in [6.07, 6.45) is 0. The predicted octanol–water partition coefficient (Wildman–Crippen LogP) is 3.62. The molecule has 2 N–H and O–H groups in total. The van der Waals surface area contributed by atoms with Crippen molar-refractivity contribution in [1.29, 1.82) is 0 Å². The predicted molar refractivity (Wildman–Crippen MR) is 108 cm³/mol. The second-order valence-electron chi connectivity index (χ2n) is 7.94. The zero-order valence-electron chi connectivity index (χ0n) is 16.8. The van der Waals surface area contributed by atoms with Gasteiger partial charge in [0.1, 0.15) is 0 Å². The van der Waals surface area contributed by atoms with Crippen LogP contribution < -0.4 is 10.0 Å². The second kappa shape index (κ2) is 7.82.